The van der Waals surface area contributed by atoms with Crippen LogP contribution in [-0.2, 0) is 26.2 Å². The first-order valence-corrected chi connectivity index (χ1v) is 14.5. The molecule has 0 aromatic heterocycles. The molecule has 39 heavy (non-hydrogen) atoms. The Kier molecular flexibility index (Phi) is 10.4. The van der Waals surface area contributed by atoms with Crippen molar-refractivity contribution in [3.63, 3.8) is 0 Å². The molecule has 3 aromatic rings. The molecule has 3 aromatic carbocycles. The van der Waals surface area contributed by atoms with Gasteiger partial charge in [0.05, 0.1) is 24.8 Å². The van der Waals surface area contributed by atoms with Crippen LogP contribution in [0.1, 0.15) is 19.4 Å². The van der Waals surface area contributed by atoms with E-state index in [-0.39, 0.29) is 23.1 Å². The number of likely N-dealkylation sites (N-methyl/N-ethyl adjacent to an activating group) is 1. The Morgan fingerprint density at radius 1 is 0.949 bits per heavy atom. The summed E-state index contributed by atoms with van der Waals surface area (Å²) >= 11 is 3.40. The number of carbonyl (C=O) groups excluding carboxylic acids is 2. The number of ether oxygens (including phenoxy) is 2. The fourth-order valence-corrected chi connectivity index (χ4v) is 5.61. The molecule has 0 aliphatic carbocycles. The number of nitrogens with one attached hydrogen (secondary N) is 1. The van der Waals surface area contributed by atoms with Crippen LogP contribution in [0.15, 0.2) is 82.2 Å². The molecule has 1 unspecified atom stereocenters. The highest BCUT2D eigenvalue weighted by Crippen LogP contribution is 2.32. The first-order chi connectivity index (χ1) is 18.6. The molecule has 0 heterocycles. The number of hydrogen-bond donors (Lipinski definition) is 1. The Balaban J connectivity index is 2.03. The van der Waals surface area contributed by atoms with Crippen LogP contribution in [0.25, 0.3) is 0 Å². The highest BCUT2D eigenvalue weighted by molar-refractivity contribution is 9.10. The molecule has 0 aliphatic rings. The fraction of sp³-hybridized carbons (Fsp3) is 0.286. The number of sulfonamides is 1. The molecule has 2 amide bonds. The van der Waals surface area contributed by atoms with E-state index < -0.39 is 28.5 Å². The molecular formula is C28H32BrN3O6S. The van der Waals surface area contributed by atoms with Gasteiger partial charge in [-0.1, -0.05) is 46.3 Å². The lowest BCUT2D eigenvalue weighted by Gasteiger charge is -2.32. The van der Waals surface area contributed by atoms with E-state index in [1.165, 1.54) is 37.3 Å². The van der Waals surface area contributed by atoms with Gasteiger partial charge in [0.15, 0.2) is 11.5 Å². The maximum absolute atomic E-state index is 13.9. The summed E-state index contributed by atoms with van der Waals surface area (Å²) in [6.45, 7) is 3.40. The molecule has 3 rings (SSSR count). The summed E-state index contributed by atoms with van der Waals surface area (Å²) in [6.07, 6.45) is 0. The Bertz CT molecular complexity index is 1380. The number of methoxy groups -OCH3 is 2. The molecule has 0 saturated heterocycles. The van der Waals surface area contributed by atoms with Gasteiger partial charge in [-0.15, -0.1) is 0 Å². The van der Waals surface area contributed by atoms with Gasteiger partial charge in [0.1, 0.15) is 12.6 Å². The van der Waals surface area contributed by atoms with Crippen molar-refractivity contribution in [2.24, 2.45) is 0 Å². The molecule has 1 N–H and O–H groups in total. The number of hydrogen-bond acceptors (Lipinski definition) is 6. The second kappa shape index (κ2) is 13.5. The zero-order valence-electron chi connectivity index (χ0n) is 22.3. The SMILES string of the molecule is CCNC(=O)C(C)N(Cc1ccc(Br)cc1)C(=O)CN(c1ccccc1)S(=O)(=O)c1ccc(OC)c(OC)c1. The van der Waals surface area contributed by atoms with Crippen LogP contribution in [0, 0.1) is 0 Å². The molecular weight excluding hydrogens is 586 g/mol. The molecule has 0 spiro atoms. The zero-order chi connectivity index (χ0) is 28.6. The Hall–Kier alpha value is -3.57. The molecule has 11 heteroatoms. The van der Waals surface area contributed by atoms with Crippen molar-refractivity contribution in [2.75, 3.05) is 31.6 Å². The van der Waals surface area contributed by atoms with Crippen LogP contribution < -0.4 is 19.1 Å². The third kappa shape index (κ3) is 7.30. The lowest BCUT2D eigenvalue weighted by Crippen LogP contribution is -2.51. The fourth-order valence-electron chi connectivity index (χ4n) is 3.92. The first-order valence-electron chi connectivity index (χ1n) is 12.2. The maximum atomic E-state index is 13.9. The maximum Gasteiger partial charge on any atom is 0.264 e. The minimum Gasteiger partial charge on any atom is -0.493 e. The van der Waals surface area contributed by atoms with Gasteiger partial charge in [0.2, 0.25) is 11.8 Å². The summed E-state index contributed by atoms with van der Waals surface area (Å²) in [7, 11) is -1.36. The number of para-hydroxylation sites is 1. The molecule has 0 fully saturated rings. The van der Waals surface area contributed by atoms with Crippen LogP contribution in [-0.4, -0.2) is 58.5 Å². The van der Waals surface area contributed by atoms with Gasteiger partial charge in [0.25, 0.3) is 10.0 Å². The summed E-state index contributed by atoms with van der Waals surface area (Å²) in [5.41, 5.74) is 1.09. The molecule has 0 radical (unpaired) electrons. The molecule has 0 saturated carbocycles. The van der Waals surface area contributed by atoms with Crippen LogP contribution in [0.3, 0.4) is 0 Å². The number of anilines is 1. The molecule has 0 aliphatic heterocycles. The van der Waals surface area contributed by atoms with Gasteiger partial charge in [-0.3, -0.25) is 13.9 Å². The predicted octanol–water partition coefficient (Wildman–Crippen LogP) is 4.22. The lowest BCUT2D eigenvalue weighted by molar-refractivity contribution is -0.139. The normalized spacial score (nSPS) is 11.8. The van der Waals surface area contributed by atoms with Gasteiger partial charge in [0, 0.05) is 23.6 Å². The van der Waals surface area contributed by atoms with Crippen LogP contribution in [0.5, 0.6) is 11.5 Å². The number of nitrogens with zero attached hydrogens (tertiary/aromatic N) is 2. The average Bonchev–Trinajstić information content (AvgIpc) is 2.95. The third-order valence-corrected chi connectivity index (χ3v) is 8.35. The molecule has 9 nitrogen and oxygen atoms in total. The van der Waals surface area contributed by atoms with Crippen molar-refractivity contribution in [1.29, 1.82) is 0 Å². The first kappa shape index (κ1) is 30.0. The van der Waals surface area contributed by atoms with E-state index in [0.29, 0.717) is 18.0 Å². The predicted molar refractivity (Wildman–Crippen MR) is 153 cm³/mol. The number of halogens is 1. The van der Waals surface area contributed by atoms with Crippen molar-refractivity contribution in [2.45, 2.75) is 31.3 Å². The monoisotopic (exact) mass is 617 g/mol. The summed E-state index contributed by atoms with van der Waals surface area (Å²) in [6, 6.07) is 19.1. The molecule has 208 valence electrons. The average molecular weight is 619 g/mol. The van der Waals surface area contributed by atoms with Gasteiger partial charge in [-0.2, -0.15) is 0 Å². The summed E-state index contributed by atoms with van der Waals surface area (Å²) in [4.78, 5) is 27.9. The summed E-state index contributed by atoms with van der Waals surface area (Å²) in [5.74, 6) is -0.267. The van der Waals surface area contributed by atoms with Crippen molar-refractivity contribution < 1.29 is 27.5 Å². The number of amides is 2. The van der Waals surface area contributed by atoms with Crippen molar-refractivity contribution >= 4 is 43.5 Å². The van der Waals surface area contributed by atoms with E-state index in [0.717, 1.165) is 14.3 Å². The summed E-state index contributed by atoms with van der Waals surface area (Å²) in [5, 5.41) is 2.74. The van der Waals surface area contributed by atoms with E-state index in [1.54, 1.807) is 44.2 Å². The van der Waals surface area contributed by atoms with Crippen LogP contribution in [0.2, 0.25) is 0 Å². The number of rotatable bonds is 12. The number of carbonyl (C=O) groups is 2. The third-order valence-electron chi connectivity index (χ3n) is 6.05. The minimum absolute atomic E-state index is 0.0759. The quantitative estimate of drug-likeness (QED) is 0.326. The van der Waals surface area contributed by atoms with Gasteiger partial charge < -0.3 is 19.7 Å². The van der Waals surface area contributed by atoms with E-state index in [4.69, 9.17) is 9.47 Å². The second-order valence-electron chi connectivity index (χ2n) is 8.58. The van der Waals surface area contributed by atoms with Crippen molar-refractivity contribution in [3.8, 4) is 11.5 Å². The van der Waals surface area contributed by atoms with Crippen molar-refractivity contribution in [3.05, 3.63) is 82.8 Å². The second-order valence-corrected chi connectivity index (χ2v) is 11.4. The van der Waals surface area contributed by atoms with Crippen LogP contribution >= 0.6 is 15.9 Å². The smallest absolute Gasteiger partial charge is 0.264 e. The topological polar surface area (TPSA) is 105 Å². The van der Waals surface area contributed by atoms with Gasteiger partial charge in [-0.05, 0) is 55.8 Å². The van der Waals surface area contributed by atoms with Gasteiger partial charge in [-0.25, -0.2) is 8.42 Å². The standard InChI is InChI=1S/C28H32BrN3O6S/c1-5-30-28(34)20(2)31(18-21-11-13-22(29)14-12-21)27(33)19-32(23-9-7-6-8-10-23)39(35,36)24-15-16-25(37-3)26(17-24)38-4/h6-17,20H,5,18-19H2,1-4H3,(H,30,34). The minimum atomic E-state index is -4.23. The van der Waals surface area contributed by atoms with Crippen LogP contribution in [0.4, 0.5) is 5.69 Å². The Morgan fingerprint density at radius 2 is 1.59 bits per heavy atom. The molecule has 0 bridgehead atoms. The van der Waals surface area contributed by atoms with E-state index in [2.05, 4.69) is 21.2 Å². The highest BCUT2D eigenvalue weighted by atomic mass is 79.9. The van der Waals surface area contributed by atoms with E-state index in [1.807, 2.05) is 24.3 Å². The summed E-state index contributed by atoms with van der Waals surface area (Å²) < 4.78 is 40.3. The van der Waals surface area contributed by atoms with Crippen molar-refractivity contribution in [1.82, 2.24) is 10.2 Å². The highest BCUT2D eigenvalue weighted by Gasteiger charge is 2.32. The lowest BCUT2D eigenvalue weighted by atomic mass is 10.1. The van der Waals surface area contributed by atoms with E-state index in [9.17, 15) is 18.0 Å². The largest absolute Gasteiger partial charge is 0.493 e. The molecule has 1 atom stereocenters. The van der Waals surface area contributed by atoms with Gasteiger partial charge >= 0.3 is 0 Å². The number of benzene rings is 3. The Labute approximate surface area is 237 Å². The van der Waals surface area contributed by atoms with E-state index >= 15 is 0 Å². The zero-order valence-corrected chi connectivity index (χ0v) is 24.7. The Morgan fingerprint density at radius 3 is 2.18 bits per heavy atom.